The standard InChI is InChI=1S/C18H21ClN2O3S/c1-20-10-11-21(25(22,23)17-5-3-4-15(19)12-17)13-18(20)14-6-8-16(24-2)9-7-14/h3-9,12,18H,10-11,13H2,1-2H3. The van der Waals surface area contributed by atoms with Crippen LogP contribution in [0.25, 0.3) is 0 Å². The Kier molecular flexibility index (Phi) is 5.34. The van der Waals surface area contributed by atoms with Gasteiger partial charge in [-0.05, 0) is 42.9 Å². The van der Waals surface area contributed by atoms with Crippen LogP contribution in [0.1, 0.15) is 11.6 Å². The monoisotopic (exact) mass is 380 g/mol. The van der Waals surface area contributed by atoms with E-state index in [2.05, 4.69) is 4.90 Å². The van der Waals surface area contributed by atoms with Gasteiger partial charge in [-0.25, -0.2) is 8.42 Å². The van der Waals surface area contributed by atoms with E-state index < -0.39 is 10.0 Å². The quantitative estimate of drug-likeness (QED) is 0.818. The summed E-state index contributed by atoms with van der Waals surface area (Å²) < 4.78 is 32.6. The molecular weight excluding hydrogens is 360 g/mol. The normalized spacial score (nSPS) is 19.7. The molecule has 1 atom stereocenters. The molecule has 1 saturated heterocycles. The zero-order valence-corrected chi connectivity index (χ0v) is 15.8. The maximum atomic E-state index is 13.0. The van der Waals surface area contributed by atoms with E-state index in [1.807, 2.05) is 31.3 Å². The average molecular weight is 381 g/mol. The summed E-state index contributed by atoms with van der Waals surface area (Å²) in [6.07, 6.45) is 0. The third-order valence-corrected chi connectivity index (χ3v) is 6.64. The number of hydrogen-bond acceptors (Lipinski definition) is 4. The summed E-state index contributed by atoms with van der Waals surface area (Å²) in [6.45, 7) is 1.52. The van der Waals surface area contributed by atoms with Crippen LogP contribution < -0.4 is 4.74 Å². The average Bonchev–Trinajstić information content (AvgIpc) is 2.62. The zero-order valence-electron chi connectivity index (χ0n) is 14.2. The number of rotatable bonds is 4. The lowest BCUT2D eigenvalue weighted by molar-refractivity contribution is 0.148. The van der Waals surface area contributed by atoms with Crippen molar-refractivity contribution in [1.82, 2.24) is 9.21 Å². The molecule has 0 radical (unpaired) electrons. The molecule has 0 saturated carbocycles. The Labute approximate surface area is 153 Å². The lowest BCUT2D eigenvalue weighted by Gasteiger charge is -2.39. The predicted octanol–water partition coefficient (Wildman–Crippen LogP) is 3.03. The molecular formula is C18H21ClN2O3S. The van der Waals surface area contributed by atoms with Crippen LogP contribution in [0.2, 0.25) is 5.02 Å². The number of benzene rings is 2. The van der Waals surface area contributed by atoms with Gasteiger partial charge in [0.2, 0.25) is 10.0 Å². The molecule has 1 fully saturated rings. The van der Waals surface area contributed by atoms with Gasteiger partial charge in [0, 0.05) is 30.7 Å². The van der Waals surface area contributed by atoms with Crippen molar-refractivity contribution in [3.63, 3.8) is 0 Å². The number of nitrogens with zero attached hydrogens (tertiary/aromatic N) is 2. The Hall–Kier alpha value is -1.60. The van der Waals surface area contributed by atoms with Crippen molar-refractivity contribution in [3.05, 3.63) is 59.1 Å². The van der Waals surface area contributed by atoms with Crippen molar-refractivity contribution in [3.8, 4) is 5.75 Å². The number of methoxy groups -OCH3 is 1. The molecule has 0 spiro atoms. The van der Waals surface area contributed by atoms with Crippen molar-refractivity contribution >= 4 is 21.6 Å². The first-order valence-corrected chi connectivity index (χ1v) is 9.83. The third kappa shape index (κ3) is 3.82. The van der Waals surface area contributed by atoms with Crippen molar-refractivity contribution in [2.45, 2.75) is 10.9 Å². The van der Waals surface area contributed by atoms with Crippen LogP contribution in [0.5, 0.6) is 5.75 Å². The molecule has 1 unspecified atom stereocenters. The number of hydrogen-bond donors (Lipinski definition) is 0. The van der Waals surface area contributed by atoms with E-state index in [0.717, 1.165) is 11.3 Å². The molecule has 0 aromatic heterocycles. The van der Waals surface area contributed by atoms with Crippen LogP contribution in [0.15, 0.2) is 53.4 Å². The molecule has 3 rings (SSSR count). The number of sulfonamides is 1. The van der Waals surface area contributed by atoms with Crippen LogP contribution in [0, 0.1) is 0 Å². The van der Waals surface area contributed by atoms with Gasteiger partial charge in [0.15, 0.2) is 0 Å². The summed E-state index contributed by atoms with van der Waals surface area (Å²) in [5.41, 5.74) is 1.06. The summed E-state index contributed by atoms with van der Waals surface area (Å²) in [4.78, 5) is 2.41. The Morgan fingerprint density at radius 3 is 2.48 bits per heavy atom. The molecule has 5 nitrogen and oxygen atoms in total. The van der Waals surface area contributed by atoms with Gasteiger partial charge in [-0.3, -0.25) is 4.90 Å². The summed E-state index contributed by atoms with van der Waals surface area (Å²) in [6, 6.07) is 14.2. The lowest BCUT2D eigenvalue weighted by atomic mass is 10.0. The van der Waals surface area contributed by atoms with Gasteiger partial charge in [-0.2, -0.15) is 4.31 Å². The van der Waals surface area contributed by atoms with Gasteiger partial charge in [-0.15, -0.1) is 0 Å². The Bertz CT molecular complexity index is 840. The first-order valence-electron chi connectivity index (χ1n) is 8.02. The molecule has 7 heteroatoms. The fourth-order valence-electron chi connectivity index (χ4n) is 3.03. The van der Waals surface area contributed by atoms with Gasteiger partial charge < -0.3 is 4.74 Å². The number of halogens is 1. The summed E-state index contributed by atoms with van der Waals surface area (Å²) in [5.74, 6) is 0.783. The molecule has 1 heterocycles. The van der Waals surface area contributed by atoms with Crippen LogP contribution >= 0.6 is 11.6 Å². The highest BCUT2D eigenvalue weighted by molar-refractivity contribution is 7.89. The molecule has 1 aliphatic heterocycles. The maximum Gasteiger partial charge on any atom is 0.243 e. The first-order chi connectivity index (χ1) is 11.9. The minimum absolute atomic E-state index is 0.00591. The second-order valence-electron chi connectivity index (χ2n) is 6.09. The fraction of sp³-hybridized carbons (Fsp3) is 0.333. The van der Waals surface area contributed by atoms with Crippen LogP contribution in [-0.2, 0) is 10.0 Å². The van der Waals surface area contributed by atoms with E-state index in [0.29, 0.717) is 24.7 Å². The molecule has 0 bridgehead atoms. The highest BCUT2D eigenvalue weighted by Crippen LogP contribution is 2.29. The summed E-state index contributed by atoms with van der Waals surface area (Å²) in [7, 11) is 0.0740. The Balaban J connectivity index is 1.86. The number of likely N-dealkylation sites (N-methyl/N-ethyl adjacent to an activating group) is 1. The van der Waals surface area contributed by atoms with Crippen LogP contribution in [-0.4, -0.2) is 51.4 Å². The van der Waals surface area contributed by atoms with Crippen molar-refractivity contribution in [1.29, 1.82) is 0 Å². The van der Waals surface area contributed by atoms with Crippen LogP contribution in [0.4, 0.5) is 0 Å². The fourth-order valence-corrected chi connectivity index (χ4v) is 4.77. The minimum atomic E-state index is -3.56. The largest absolute Gasteiger partial charge is 0.497 e. The highest BCUT2D eigenvalue weighted by Gasteiger charge is 2.33. The molecule has 0 amide bonds. The van der Waals surface area contributed by atoms with E-state index >= 15 is 0 Å². The van der Waals surface area contributed by atoms with Gasteiger partial charge >= 0.3 is 0 Å². The smallest absolute Gasteiger partial charge is 0.243 e. The predicted molar refractivity (Wildman–Crippen MR) is 98.6 cm³/mol. The van der Waals surface area contributed by atoms with E-state index in [9.17, 15) is 8.42 Å². The second kappa shape index (κ2) is 7.33. The Morgan fingerprint density at radius 2 is 1.84 bits per heavy atom. The number of piperazine rings is 1. The topological polar surface area (TPSA) is 49.9 Å². The molecule has 134 valence electrons. The second-order valence-corrected chi connectivity index (χ2v) is 8.46. The van der Waals surface area contributed by atoms with Gasteiger partial charge in [-0.1, -0.05) is 29.8 Å². The first kappa shape index (κ1) is 18.2. The van der Waals surface area contributed by atoms with Gasteiger partial charge in [0.25, 0.3) is 0 Å². The van der Waals surface area contributed by atoms with E-state index in [-0.39, 0.29) is 10.9 Å². The van der Waals surface area contributed by atoms with Crippen molar-refractivity contribution < 1.29 is 13.2 Å². The van der Waals surface area contributed by atoms with Crippen LogP contribution in [0.3, 0.4) is 0 Å². The minimum Gasteiger partial charge on any atom is -0.497 e. The van der Waals surface area contributed by atoms with E-state index in [1.165, 1.54) is 10.4 Å². The molecule has 0 N–H and O–H groups in total. The van der Waals surface area contributed by atoms with Crippen molar-refractivity contribution in [2.75, 3.05) is 33.8 Å². The molecule has 0 aliphatic carbocycles. The third-order valence-electron chi connectivity index (χ3n) is 4.55. The maximum absolute atomic E-state index is 13.0. The molecule has 1 aliphatic rings. The molecule has 2 aromatic carbocycles. The SMILES string of the molecule is COc1ccc(C2CN(S(=O)(=O)c3cccc(Cl)c3)CCN2C)cc1. The van der Waals surface area contributed by atoms with E-state index in [1.54, 1.807) is 25.3 Å². The summed E-state index contributed by atoms with van der Waals surface area (Å²) in [5, 5.41) is 0.418. The van der Waals surface area contributed by atoms with Gasteiger partial charge in [0.1, 0.15) is 5.75 Å². The Morgan fingerprint density at radius 1 is 1.12 bits per heavy atom. The number of ether oxygens (including phenoxy) is 1. The molecule has 2 aromatic rings. The van der Waals surface area contributed by atoms with E-state index in [4.69, 9.17) is 16.3 Å². The van der Waals surface area contributed by atoms with Gasteiger partial charge in [0.05, 0.1) is 12.0 Å². The highest BCUT2D eigenvalue weighted by atomic mass is 35.5. The zero-order chi connectivity index (χ0) is 18.0. The lowest BCUT2D eigenvalue weighted by Crippen LogP contribution is -2.48. The molecule has 25 heavy (non-hydrogen) atoms. The summed E-state index contributed by atoms with van der Waals surface area (Å²) >= 11 is 5.96. The van der Waals surface area contributed by atoms with Crippen molar-refractivity contribution in [2.24, 2.45) is 0 Å².